The summed E-state index contributed by atoms with van der Waals surface area (Å²) in [6.45, 7) is 9.96. The zero-order chi connectivity index (χ0) is 20.6. The van der Waals surface area contributed by atoms with Crippen molar-refractivity contribution in [2.24, 2.45) is 11.3 Å². The molecule has 0 aliphatic rings. The van der Waals surface area contributed by atoms with E-state index in [0.29, 0.717) is 6.42 Å². The molecule has 0 spiro atoms. The molecule has 0 aromatic heterocycles. The van der Waals surface area contributed by atoms with Crippen LogP contribution in [0.15, 0.2) is 30.3 Å². The molecule has 152 valence electrons. The maximum Gasteiger partial charge on any atom is 0.404 e. The van der Waals surface area contributed by atoms with E-state index in [0.717, 1.165) is 18.4 Å². The molecule has 0 aliphatic heterocycles. The molecule has 1 aromatic rings. The van der Waals surface area contributed by atoms with E-state index < -0.39 is 24.1 Å². The summed E-state index contributed by atoms with van der Waals surface area (Å²) in [6.07, 6.45) is -0.347. The number of nitrogens with one attached hydrogen (secondary N) is 2. The molecule has 1 unspecified atom stereocenters. The lowest BCUT2D eigenvalue weighted by atomic mass is 9.69. The van der Waals surface area contributed by atoms with Crippen LogP contribution in [0.1, 0.15) is 65.5 Å². The lowest BCUT2D eigenvalue weighted by Crippen LogP contribution is -2.56. The topological polar surface area (TPSA) is 98.7 Å². The molecule has 0 saturated carbocycles. The summed E-state index contributed by atoms with van der Waals surface area (Å²) in [5, 5.41) is 25.2. The minimum absolute atomic E-state index is 0.170. The first-order valence-electron chi connectivity index (χ1n) is 9.66. The van der Waals surface area contributed by atoms with Crippen LogP contribution in [0, 0.1) is 11.3 Å². The Bertz CT molecular complexity index is 603. The first-order valence-corrected chi connectivity index (χ1v) is 9.66. The van der Waals surface area contributed by atoms with Crippen LogP contribution in [0.25, 0.3) is 0 Å². The molecule has 6 nitrogen and oxygen atoms in total. The van der Waals surface area contributed by atoms with Gasteiger partial charge in [-0.1, -0.05) is 70.9 Å². The van der Waals surface area contributed by atoms with Crippen LogP contribution in [0.3, 0.4) is 0 Å². The molecular formula is C21H34N2O4. The van der Waals surface area contributed by atoms with Gasteiger partial charge in [-0.3, -0.25) is 4.79 Å². The number of rotatable bonds is 10. The molecule has 27 heavy (non-hydrogen) atoms. The highest BCUT2D eigenvalue weighted by Crippen LogP contribution is 2.37. The number of hydrogen-bond donors (Lipinski definition) is 4. The summed E-state index contributed by atoms with van der Waals surface area (Å²) in [4.78, 5) is 24.0. The minimum atomic E-state index is -1.46. The third-order valence-corrected chi connectivity index (χ3v) is 5.51. The molecule has 2 amide bonds. The smallest absolute Gasteiger partial charge is 0.404 e. The molecule has 0 aliphatic carbocycles. The summed E-state index contributed by atoms with van der Waals surface area (Å²) in [5.74, 6) is -0.741. The summed E-state index contributed by atoms with van der Waals surface area (Å²) in [7, 11) is 0. The molecule has 0 fully saturated rings. The highest BCUT2D eigenvalue weighted by atomic mass is 16.4. The van der Waals surface area contributed by atoms with Gasteiger partial charge in [-0.25, -0.2) is 4.79 Å². The van der Waals surface area contributed by atoms with Gasteiger partial charge in [-0.05, 0) is 30.2 Å². The van der Waals surface area contributed by atoms with Gasteiger partial charge >= 0.3 is 6.09 Å². The van der Waals surface area contributed by atoms with Gasteiger partial charge in [0.25, 0.3) is 5.91 Å². The summed E-state index contributed by atoms with van der Waals surface area (Å²) in [6, 6.07) is 8.27. The zero-order valence-electron chi connectivity index (χ0n) is 17.0. The first-order chi connectivity index (χ1) is 12.6. The Morgan fingerprint density at radius 3 is 2.19 bits per heavy atom. The molecule has 0 bridgehead atoms. The van der Waals surface area contributed by atoms with Crippen molar-refractivity contribution < 1.29 is 19.8 Å². The zero-order valence-corrected chi connectivity index (χ0v) is 17.0. The molecule has 0 radical (unpaired) electrons. The molecule has 1 aromatic carbocycles. The second-order valence-electron chi connectivity index (χ2n) is 7.80. The molecular weight excluding hydrogens is 344 g/mol. The molecule has 1 rings (SSSR count). The van der Waals surface area contributed by atoms with Gasteiger partial charge < -0.3 is 20.8 Å². The maximum absolute atomic E-state index is 12.7. The van der Waals surface area contributed by atoms with E-state index in [4.69, 9.17) is 0 Å². The van der Waals surface area contributed by atoms with E-state index in [2.05, 4.69) is 10.6 Å². The minimum Gasteiger partial charge on any atom is -0.465 e. The average Bonchev–Trinajstić information content (AvgIpc) is 2.64. The summed E-state index contributed by atoms with van der Waals surface area (Å²) in [5.41, 5.74) is 0.690. The number of carbonyl (C=O) groups excluding carboxylic acids is 1. The third-order valence-electron chi connectivity index (χ3n) is 5.51. The van der Waals surface area contributed by atoms with Gasteiger partial charge in [-0.2, -0.15) is 0 Å². The lowest BCUT2D eigenvalue weighted by molar-refractivity contribution is -0.133. The fourth-order valence-electron chi connectivity index (χ4n) is 3.46. The third kappa shape index (κ3) is 6.54. The van der Waals surface area contributed by atoms with Gasteiger partial charge in [0.15, 0.2) is 6.10 Å². The standard InChI is InChI=1S/C21H34N2O4/c1-6-11-16(21(4,5)7-2)17(23-20(26)27)18(24)19(25)22-14(3)15-12-9-8-10-13-15/h8-10,12-14,16-18,23-24H,6-7,11H2,1-5H3,(H,22,25)(H,26,27)/t14-,16?,17+,18-/m1/s1. The normalized spacial score (nSPS) is 16.1. The number of amides is 2. The first kappa shape index (κ1) is 23.0. The fourth-order valence-corrected chi connectivity index (χ4v) is 3.46. The van der Waals surface area contributed by atoms with Gasteiger partial charge in [0.05, 0.1) is 12.1 Å². The predicted molar refractivity (Wildman–Crippen MR) is 106 cm³/mol. The van der Waals surface area contributed by atoms with Crippen molar-refractivity contribution in [3.8, 4) is 0 Å². The Morgan fingerprint density at radius 1 is 1.11 bits per heavy atom. The predicted octanol–water partition coefficient (Wildman–Crippen LogP) is 3.71. The van der Waals surface area contributed by atoms with Crippen molar-refractivity contribution in [3.63, 3.8) is 0 Å². The Hall–Kier alpha value is -2.08. The van der Waals surface area contributed by atoms with Crippen LogP contribution in [-0.2, 0) is 4.79 Å². The van der Waals surface area contributed by atoms with Crippen molar-refractivity contribution in [3.05, 3.63) is 35.9 Å². The van der Waals surface area contributed by atoms with Crippen LogP contribution in [-0.4, -0.2) is 34.4 Å². The second-order valence-corrected chi connectivity index (χ2v) is 7.80. The van der Waals surface area contributed by atoms with Crippen LogP contribution in [0.5, 0.6) is 0 Å². The number of carbonyl (C=O) groups is 2. The Kier molecular flexibility index (Phi) is 8.76. The number of benzene rings is 1. The van der Waals surface area contributed by atoms with Crippen LogP contribution in [0.4, 0.5) is 4.79 Å². The van der Waals surface area contributed by atoms with Crippen LogP contribution < -0.4 is 10.6 Å². The van der Waals surface area contributed by atoms with E-state index in [9.17, 15) is 19.8 Å². The van der Waals surface area contributed by atoms with Crippen molar-refractivity contribution in [2.75, 3.05) is 0 Å². The number of carboxylic acid groups (broad SMARTS) is 1. The summed E-state index contributed by atoms with van der Waals surface area (Å²) >= 11 is 0. The molecule has 4 N–H and O–H groups in total. The van der Waals surface area contributed by atoms with Gasteiger partial charge in [-0.15, -0.1) is 0 Å². The van der Waals surface area contributed by atoms with E-state index in [1.54, 1.807) is 0 Å². The van der Waals surface area contributed by atoms with E-state index in [1.807, 2.05) is 65.0 Å². The molecule has 0 heterocycles. The number of aliphatic hydroxyl groups is 1. The Labute approximate surface area is 162 Å². The van der Waals surface area contributed by atoms with Gasteiger partial charge in [0.2, 0.25) is 0 Å². The van der Waals surface area contributed by atoms with E-state index in [1.165, 1.54) is 0 Å². The average molecular weight is 379 g/mol. The largest absolute Gasteiger partial charge is 0.465 e. The highest BCUT2D eigenvalue weighted by molar-refractivity contribution is 5.82. The second kappa shape index (κ2) is 10.3. The molecule has 4 atom stereocenters. The molecule has 6 heteroatoms. The van der Waals surface area contributed by atoms with Crippen LogP contribution >= 0.6 is 0 Å². The monoisotopic (exact) mass is 378 g/mol. The Morgan fingerprint density at radius 2 is 1.70 bits per heavy atom. The quantitative estimate of drug-likeness (QED) is 0.499. The van der Waals surface area contributed by atoms with Crippen molar-refractivity contribution in [1.29, 1.82) is 0 Å². The van der Waals surface area contributed by atoms with Crippen molar-refractivity contribution in [2.45, 2.75) is 72.1 Å². The fraction of sp³-hybridized carbons (Fsp3) is 0.619. The number of aliphatic hydroxyl groups excluding tert-OH is 1. The SMILES string of the molecule is CCCC([C@H](NC(=O)O)[C@@H](O)C(=O)N[C@H](C)c1ccccc1)C(C)(C)CC. The molecule has 0 saturated heterocycles. The van der Waals surface area contributed by atoms with Crippen molar-refractivity contribution in [1.82, 2.24) is 10.6 Å². The van der Waals surface area contributed by atoms with Crippen LogP contribution in [0.2, 0.25) is 0 Å². The van der Waals surface area contributed by atoms with E-state index >= 15 is 0 Å². The highest BCUT2D eigenvalue weighted by Gasteiger charge is 2.41. The Balaban J connectivity index is 3.03. The van der Waals surface area contributed by atoms with Gasteiger partial charge in [0.1, 0.15) is 0 Å². The van der Waals surface area contributed by atoms with E-state index in [-0.39, 0.29) is 17.4 Å². The van der Waals surface area contributed by atoms with Crippen molar-refractivity contribution >= 4 is 12.0 Å². The number of hydrogen-bond acceptors (Lipinski definition) is 3. The van der Waals surface area contributed by atoms with Gasteiger partial charge in [0, 0.05) is 0 Å². The lowest BCUT2D eigenvalue weighted by Gasteiger charge is -2.40. The summed E-state index contributed by atoms with van der Waals surface area (Å²) < 4.78 is 0. The maximum atomic E-state index is 12.7.